The Kier molecular flexibility index (Phi) is 8.13. The summed E-state index contributed by atoms with van der Waals surface area (Å²) in [5.74, 6) is 0. The number of hydrogen-bond donors (Lipinski definition) is 0. The van der Waals surface area contributed by atoms with E-state index in [1.54, 1.807) is 0 Å². The minimum atomic E-state index is 0.474. The second-order valence-corrected chi connectivity index (χ2v) is 5.81. The maximum atomic E-state index is 5.51. The van der Waals surface area contributed by atoms with E-state index in [9.17, 15) is 0 Å². The van der Waals surface area contributed by atoms with E-state index >= 15 is 0 Å². The van der Waals surface area contributed by atoms with Crippen molar-refractivity contribution < 1.29 is 4.74 Å². The van der Waals surface area contributed by atoms with Gasteiger partial charge >= 0.3 is 0 Å². The molecule has 0 aliphatic rings. The smallest absolute Gasteiger partial charge is 0.0571 e. The van der Waals surface area contributed by atoms with Gasteiger partial charge in [0.1, 0.15) is 0 Å². The summed E-state index contributed by atoms with van der Waals surface area (Å²) in [6.07, 6.45) is 9.56. The minimum Gasteiger partial charge on any atom is -0.381 e. The molecule has 0 radical (unpaired) electrons. The number of ether oxygens (including phenoxy) is 1. The van der Waals surface area contributed by atoms with Crippen LogP contribution in [-0.2, 0) is 4.74 Å². The standard InChI is InChI=1S/C14H30O/c1-6-7-8-10-13(15-5)11-9-12-14(2,3)4/h13H,6-12H2,1-5H3/t13-/m0/s1. The van der Waals surface area contributed by atoms with E-state index in [4.69, 9.17) is 4.74 Å². The Hall–Kier alpha value is -0.0400. The lowest BCUT2D eigenvalue weighted by molar-refractivity contribution is 0.0810. The van der Waals surface area contributed by atoms with Crippen LogP contribution in [-0.4, -0.2) is 13.2 Å². The molecule has 0 rings (SSSR count). The largest absolute Gasteiger partial charge is 0.381 e. The fourth-order valence-electron chi connectivity index (χ4n) is 1.86. The first-order valence-corrected chi connectivity index (χ1v) is 6.52. The topological polar surface area (TPSA) is 9.23 Å². The highest BCUT2D eigenvalue weighted by molar-refractivity contribution is 4.64. The van der Waals surface area contributed by atoms with Gasteiger partial charge in [0.05, 0.1) is 6.10 Å². The van der Waals surface area contributed by atoms with Gasteiger partial charge in [-0.15, -0.1) is 0 Å². The van der Waals surface area contributed by atoms with Crippen molar-refractivity contribution in [3.63, 3.8) is 0 Å². The summed E-state index contributed by atoms with van der Waals surface area (Å²) in [7, 11) is 1.85. The van der Waals surface area contributed by atoms with Crippen LogP contribution in [0.4, 0.5) is 0 Å². The third-order valence-corrected chi connectivity index (χ3v) is 2.92. The number of methoxy groups -OCH3 is 1. The quantitative estimate of drug-likeness (QED) is 0.527. The molecule has 0 aliphatic carbocycles. The number of hydrogen-bond acceptors (Lipinski definition) is 1. The first kappa shape index (κ1) is 15.0. The van der Waals surface area contributed by atoms with Crippen molar-refractivity contribution in [1.29, 1.82) is 0 Å². The third-order valence-electron chi connectivity index (χ3n) is 2.92. The molecular weight excluding hydrogens is 184 g/mol. The van der Waals surface area contributed by atoms with Crippen LogP contribution in [0.5, 0.6) is 0 Å². The van der Waals surface area contributed by atoms with Crippen LogP contribution in [0.3, 0.4) is 0 Å². The monoisotopic (exact) mass is 214 g/mol. The Morgan fingerprint density at radius 3 is 2.07 bits per heavy atom. The van der Waals surface area contributed by atoms with Crippen molar-refractivity contribution in [3.8, 4) is 0 Å². The zero-order valence-corrected chi connectivity index (χ0v) is 11.4. The molecule has 0 aromatic rings. The van der Waals surface area contributed by atoms with Crippen LogP contribution in [0.15, 0.2) is 0 Å². The summed E-state index contributed by atoms with van der Waals surface area (Å²) in [5.41, 5.74) is 0.474. The van der Waals surface area contributed by atoms with Gasteiger partial charge in [0.25, 0.3) is 0 Å². The second-order valence-electron chi connectivity index (χ2n) is 5.81. The SMILES string of the molecule is CCCCC[C@@H](CCCC(C)(C)C)OC. The fraction of sp³-hybridized carbons (Fsp3) is 1.00. The Morgan fingerprint density at radius 1 is 1.00 bits per heavy atom. The van der Waals surface area contributed by atoms with Crippen molar-refractivity contribution in [1.82, 2.24) is 0 Å². The van der Waals surface area contributed by atoms with Crippen molar-refractivity contribution >= 4 is 0 Å². The van der Waals surface area contributed by atoms with Gasteiger partial charge < -0.3 is 4.74 Å². The summed E-state index contributed by atoms with van der Waals surface area (Å²) in [5, 5.41) is 0. The molecule has 0 amide bonds. The van der Waals surface area contributed by atoms with Gasteiger partial charge in [-0.3, -0.25) is 0 Å². The van der Waals surface area contributed by atoms with E-state index in [-0.39, 0.29) is 0 Å². The van der Waals surface area contributed by atoms with Crippen LogP contribution in [0.2, 0.25) is 0 Å². The summed E-state index contributed by atoms with van der Waals surface area (Å²) in [6, 6.07) is 0. The van der Waals surface area contributed by atoms with Crippen LogP contribution in [0.1, 0.15) is 72.6 Å². The van der Waals surface area contributed by atoms with Gasteiger partial charge in [-0.1, -0.05) is 53.4 Å². The molecule has 1 heteroatoms. The molecule has 1 atom stereocenters. The van der Waals surface area contributed by atoms with E-state index in [0.29, 0.717) is 11.5 Å². The lowest BCUT2D eigenvalue weighted by Crippen LogP contribution is -2.12. The van der Waals surface area contributed by atoms with Crippen molar-refractivity contribution in [2.75, 3.05) is 7.11 Å². The lowest BCUT2D eigenvalue weighted by Gasteiger charge is -2.20. The molecular formula is C14H30O. The molecule has 0 saturated heterocycles. The summed E-state index contributed by atoms with van der Waals surface area (Å²) < 4.78 is 5.51. The van der Waals surface area contributed by atoms with Crippen molar-refractivity contribution in [2.24, 2.45) is 5.41 Å². The van der Waals surface area contributed by atoms with Crippen molar-refractivity contribution in [3.05, 3.63) is 0 Å². The predicted molar refractivity (Wildman–Crippen MR) is 68.2 cm³/mol. The highest BCUT2D eigenvalue weighted by atomic mass is 16.5. The maximum absolute atomic E-state index is 5.51. The normalized spacial score (nSPS) is 14.2. The Morgan fingerprint density at radius 2 is 1.60 bits per heavy atom. The molecule has 0 aliphatic heterocycles. The van der Waals surface area contributed by atoms with E-state index < -0.39 is 0 Å². The Bertz CT molecular complexity index is 135. The van der Waals surface area contributed by atoms with Crippen LogP contribution in [0, 0.1) is 5.41 Å². The van der Waals surface area contributed by atoms with Crippen LogP contribution in [0.25, 0.3) is 0 Å². The molecule has 0 bridgehead atoms. The Balaban J connectivity index is 3.52. The molecule has 1 nitrogen and oxygen atoms in total. The fourth-order valence-corrected chi connectivity index (χ4v) is 1.86. The van der Waals surface area contributed by atoms with Gasteiger partial charge in [-0.25, -0.2) is 0 Å². The first-order valence-electron chi connectivity index (χ1n) is 6.52. The summed E-state index contributed by atoms with van der Waals surface area (Å²) in [4.78, 5) is 0. The van der Waals surface area contributed by atoms with Gasteiger partial charge in [-0.05, 0) is 24.7 Å². The van der Waals surface area contributed by atoms with Gasteiger partial charge in [0, 0.05) is 7.11 Å². The van der Waals surface area contributed by atoms with Crippen molar-refractivity contribution in [2.45, 2.75) is 78.7 Å². The molecule has 92 valence electrons. The van der Waals surface area contributed by atoms with Crippen LogP contribution >= 0.6 is 0 Å². The molecule has 15 heavy (non-hydrogen) atoms. The molecule has 0 aromatic heterocycles. The van der Waals surface area contributed by atoms with E-state index in [1.165, 1.54) is 44.9 Å². The molecule has 0 unspecified atom stereocenters. The minimum absolute atomic E-state index is 0.474. The predicted octanol–water partition coefficient (Wildman–Crippen LogP) is 4.80. The van der Waals surface area contributed by atoms with Crippen LogP contribution < -0.4 is 0 Å². The summed E-state index contributed by atoms with van der Waals surface area (Å²) in [6.45, 7) is 9.19. The van der Waals surface area contributed by atoms with Gasteiger partial charge in [-0.2, -0.15) is 0 Å². The highest BCUT2D eigenvalue weighted by Crippen LogP contribution is 2.23. The second kappa shape index (κ2) is 8.15. The number of rotatable bonds is 8. The zero-order chi connectivity index (χ0) is 11.7. The molecule has 0 saturated carbocycles. The van der Waals surface area contributed by atoms with E-state index in [2.05, 4.69) is 27.7 Å². The molecule has 0 aromatic carbocycles. The molecule has 0 fully saturated rings. The zero-order valence-electron chi connectivity index (χ0n) is 11.4. The maximum Gasteiger partial charge on any atom is 0.0571 e. The van der Waals surface area contributed by atoms with Gasteiger partial charge in [0.2, 0.25) is 0 Å². The number of unbranched alkanes of at least 4 members (excludes halogenated alkanes) is 2. The van der Waals surface area contributed by atoms with E-state index in [0.717, 1.165) is 0 Å². The molecule has 0 heterocycles. The molecule has 0 spiro atoms. The highest BCUT2D eigenvalue weighted by Gasteiger charge is 2.12. The third kappa shape index (κ3) is 10.2. The average molecular weight is 214 g/mol. The Labute approximate surface area is 96.6 Å². The average Bonchev–Trinajstić information content (AvgIpc) is 2.14. The van der Waals surface area contributed by atoms with Gasteiger partial charge in [0.15, 0.2) is 0 Å². The molecule has 0 N–H and O–H groups in total. The van der Waals surface area contributed by atoms with E-state index in [1.807, 2.05) is 7.11 Å². The first-order chi connectivity index (χ1) is 6.99. The summed E-state index contributed by atoms with van der Waals surface area (Å²) >= 11 is 0. The lowest BCUT2D eigenvalue weighted by atomic mass is 9.89.